The van der Waals surface area contributed by atoms with Gasteiger partial charge in [-0.2, -0.15) is 0 Å². The van der Waals surface area contributed by atoms with Crippen molar-refractivity contribution in [2.75, 3.05) is 37.8 Å². The van der Waals surface area contributed by atoms with Crippen molar-refractivity contribution in [1.29, 1.82) is 0 Å². The number of nitrogens with one attached hydrogen (secondary N) is 2. The van der Waals surface area contributed by atoms with E-state index in [2.05, 4.69) is 22.5 Å². The Morgan fingerprint density at radius 3 is 2.55 bits per heavy atom. The molecule has 1 fully saturated rings. The molecule has 0 saturated carbocycles. The molecule has 0 unspecified atom stereocenters. The Balaban J connectivity index is 0.00000242. The number of hydrogen-bond donors (Lipinski definition) is 2. The van der Waals surface area contributed by atoms with Gasteiger partial charge in [-0.1, -0.05) is 0 Å². The molecular weight excluding hydrogens is 326 g/mol. The van der Waals surface area contributed by atoms with E-state index in [1.807, 2.05) is 0 Å². The standard InChI is InChI=1S/C14H21N3O3S.ClH/c1-11-9-15-7-8-17(11)10-14(18)16-12-3-5-13(6-4-12)21(2,19)20;/h3-6,11,15H,7-10H2,1-2H3,(H,16,18);1H/t11-;/m0./s1. The van der Waals surface area contributed by atoms with Crippen LogP contribution in [0.3, 0.4) is 0 Å². The Hall–Kier alpha value is -1.15. The van der Waals surface area contributed by atoms with Gasteiger partial charge >= 0.3 is 0 Å². The van der Waals surface area contributed by atoms with Crippen molar-refractivity contribution in [3.63, 3.8) is 0 Å². The number of benzene rings is 1. The first-order valence-corrected chi connectivity index (χ1v) is 8.80. The van der Waals surface area contributed by atoms with Gasteiger partial charge in [-0.05, 0) is 31.2 Å². The van der Waals surface area contributed by atoms with Gasteiger partial charge in [0.2, 0.25) is 5.91 Å². The van der Waals surface area contributed by atoms with Crippen molar-refractivity contribution in [3.05, 3.63) is 24.3 Å². The van der Waals surface area contributed by atoms with Crippen LogP contribution in [0.1, 0.15) is 6.92 Å². The number of hydrogen-bond acceptors (Lipinski definition) is 5. The van der Waals surface area contributed by atoms with Crippen LogP contribution in [0.5, 0.6) is 0 Å². The van der Waals surface area contributed by atoms with E-state index < -0.39 is 9.84 Å². The molecule has 1 aromatic rings. The molecule has 1 aliphatic heterocycles. The lowest BCUT2D eigenvalue weighted by Crippen LogP contribution is -2.51. The van der Waals surface area contributed by atoms with Crippen LogP contribution in [0.25, 0.3) is 0 Å². The van der Waals surface area contributed by atoms with E-state index in [1.54, 1.807) is 12.1 Å². The second kappa shape index (κ2) is 7.92. The van der Waals surface area contributed by atoms with Crippen LogP contribution in [0.15, 0.2) is 29.2 Å². The molecule has 124 valence electrons. The summed E-state index contributed by atoms with van der Waals surface area (Å²) in [5, 5.41) is 6.07. The molecule has 22 heavy (non-hydrogen) atoms. The monoisotopic (exact) mass is 347 g/mol. The molecular formula is C14H22ClN3O3S. The summed E-state index contributed by atoms with van der Waals surface area (Å²) >= 11 is 0. The highest BCUT2D eigenvalue weighted by molar-refractivity contribution is 7.90. The predicted octanol–water partition coefficient (Wildman–Crippen LogP) is 0.744. The molecule has 0 aromatic heterocycles. The third kappa shape index (κ3) is 5.24. The number of carbonyl (C=O) groups is 1. The maximum Gasteiger partial charge on any atom is 0.238 e. The van der Waals surface area contributed by atoms with Crippen molar-refractivity contribution >= 4 is 33.8 Å². The smallest absolute Gasteiger partial charge is 0.238 e. The van der Waals surface area contributed by atoms with Gasteiger partial charge < -0.3 is 10.6 Å². The summed E-state index contributed by atoms with van der Waals surface area (Å²) in [4.78, 5) is 14.4. The Morgan fingerprint density at radius 1 is 1.36 bits per heavy atom. The van der Waals surface area contributed by atoms with Crippen LogP contribution in [-0.2, 0) is 14.6 Å². The number of anilines is 1. The minimum Gasteiger partial charge on any atom is -0.325 e. The van der Waals surface area contributed by atoms with Crippen LogP contribution in [0.4, 0.5) is 5.69 Å². The Labute approximate surface area is 137 Å². The van der Waals surface area contributed by atoms with Gasteiger partial charge in [0.1, 0.15) is 0 Å². The number of rotatable bonds is 4. The molecule has 2 N–H and O–H groups in total. The van der Waals surface area contributed by atoms with E-state index in [-0.39, 0.29) is 23.2 Å². The van der Waals surface area contributed by atoms with E-state index in [4.69, 9.17) is 0 Å². The molecule has 6 nitrogen and oxygen atoms in total. The van der Waals surface area contributed by atoms with Crippen molar-refractivity contribution in [3.8, 4) is 0 Å². The zero-order valence-electron chi connectivity index (χ0n) is 12.7. The minimum absolute atomic E-state index is 0. The molecule has 1 amide bonds. The van der Waals surface area contributed by atoms with Crippen molar-refractivity contribution < 1.29 is 13.2 Å². The topological polar surface area (TPSA) is 78.5 Å². The zero-order valence-corrected chi connectivity index (χ0v) is 14.3. The third-order valence-corrected chi connectivity index (χ3v) is 4.68. The first-order chi connectivity index (χ1) is 9.86. The number of piperazine rings is 1. The lowest BCUT2D eigenvalue weighted by atomic mass is 10.2. The van der Waals surface area contributed by atoms with Crippen LogP contribution < -0.4 is 10.6 Å². The molecule has 0 bridgehead atoms. The molecule has 8 heteroatoms. The van der Waals surface area contributed by atoms with E-state index in [9.17, 15) is 13.2 Å². The third-order valence-electron chi connectivity index (χ3n) is 3.55. The summed E-state index contributed by atoms with van der Waals surface area (Å²) in [7, 11) is -3.21. The highest BCUT2D eigenvalue weighted by Gasteiger charge is 2.20. The molecule has 1 atom stereocenters. The Kier molecular flexibility index (Phi) is 6.80. The second-order valence-electron chi connectivity index (χ2n) is 5.37. The number of carbonyl (C=O) groups excluding carboxylic acids is 1. The molecule has 0 aliphatic carbocycles. The first-order valence-electron chi connectivity index (χ1n) is 6.91. The van der Waals surface area contributed by atoms with Gasteiger partial charge in [-0.15, -0.1) is 12.4 Å². The number of nitrogens with zero attached hydrogens (tertiary/aromatic N) is 1. The van der Waals surface area contributed by atoms with E-state index in [0.29, 0.717) is 18.3 Å². The fourth-order valence-corrected chi connectivity index (χ4v) is 2.92. The number of amides is 1. The summed E-state index contributed by atoms with van der Waals surface area (Å²) in [6.45, 7) is 5.05. The minimum atomic E-state index is -3.21. The summed E-state index contributed by atoms with van der Waals surface area (Å²) < 4.78 is 22.7. The zero-order chi connectivity index (χ0) is 15.5. The molecule has 0 radical (unpaired) electrons. The maximum absolute atomic E-state index is 12.0. The lowest BCUT2D eigenvalue weighted by Gasteiger charge is -2.33. The number of halogens is 1. The average molecular weight is 348 g/mol. The molecule has 2 rings (SSSR count). The van der Waals surface area contributed by atoms with E-state index in [1.165, 1.54) is 12.1 Å². The SMILES string of the molecule is C[C@H]1CNCCN1CC(=O)Nc1ccc(S(C)(=O)=O)cc1.Cl. The normalized spacial score (nSPS) is 19.3. The predicted molar refractivity (Wildman–Crippen MR) is 89.3 cm³/mol. The van der Waals surface area contributed by atoms with Crippen molar-refractivity contribution in [1.82, 2.24) is 10.2 Å². The van der Waals surface area contributed by atoms with Crippen LogP contribution in [-0.4, -0.2) is 57.7 Å². The summed E-state index contributed by atoms with van der Waals surface area (Å²) in [5.41, 5.74) is 0.607. The maximum atomic E-state index is 12.0. The molecule has 1 aliphatic rings. The summed E-state index contributed by atoms with van der Waals surface area (Å²) in [6, 6.07) is 6.54. The molecule has 1 saturated heterocycles. The van der Waals surface area contributed by atoms with Crippen LogP contribution in [0.2, 0.25) is 0 Å². The fourth-order valence-electron chi connectivity index (χ4n) is 2.29. The van der Waals surface area contributed by atoms with Crippen LogP contribution in [0, 0.1) is 0 Å². The average Bonchev–Trinajstić information content (AvgIpc) is 2.41. The van der Waals surface area contributed by atoms with Gasteiger partial charge in [0.25, 0.3) is 0 Å². The number of sulfone groups is 1. The van der Waals surface area contributed by atoms with Gasteiger partial charge in [-0.3, -0.25) is 9.69 Å². The van der Waals surface area contributed by atoms with Gasteiger partial charge in [0.15, 0.2) is 9.84 Å². The van der Waals surface area contributed by atoms with Gasteiger partial charge in [0.05, 0.1) is 11.4 Å². The van der Waals surface area contributed by atoms with Crippen molar-refractivity contribution in [2.45, 2.75) is 17.9 Å². The van der Waals surface area contributed by atoms with Crippen LogP contribution >= 0.6 is 12.4 Å². The summed E-state index contributed by atoms with van der Waals surface area (Å²) in [5.74, 6) is -0.0872. The molecule has 1 aromatic carbocycles. The largest absolute Gasteiger partial charge is 0.325 e. The highest BCUT2D eigenvalue weighted by Crippen LogP contribution is 2.14. The fraction of sp³-hybridized carbons (Fsp3) is 0.500. The van der Waals surface area contributed by atoms with Crippen molar-refractivity contribution in [2.24, 2.45) is 0 Å². The Bertz CT molecular complexity index is 604. The van der Waals surface area contributed by atoms with E-state index in [0.717, 1.165) is 25.9 Å². The quantitative estimate of drug-likeness (QED) is 0.840. The summed E-state index contributed by atoms with van der Waals surface area (Å²) in [6.07, 6.45) is 1.16. The second-order valence-corrected chi connectivity index (χ2v) is 7.38. The lowest BCUT2D eigenvalue weighted by molar-refractivity contribution is -0.118. The van der Waals surface area contributed by atoms with Gasteiger partial charge in [0, 0.05) is 37.6 Å². The molecule has 1 heterocycles. The van der Waals surface area contributed by atoms with Gasteiger partial charge in [-0.25, -0.2) is 8.42 Å². The highest BCUT2D eigenvalue weighted by atomic mass is 35.5. The molecule has 0 spiro atoms. The van der Waals surface area contributed by atoms with E-state index >= 15 is 0 Å². The Morgan fingerprint density at radius 2 is 2.00 bits per heavy atom. The first kappa shape index (κ1) is 18.9.